The Bertz CT molecular complexity index is 993. The second-order valence-electron chi connectivity index (χ2n) is 7.98. The van der Waals surface area contributed by atoms with Crippen LogP contribution in [0.3, 0.4) is 0 Å². The minimum atomic E-state index is -0.174. The van der Waals surface area contributed by atoms with Gasteiger partial charge in [-0.05, 0) is 60.0 Å². The Morgan fingerprint density at radius 1 is 1.07 bits per heavy atom. The number of alkyl halides is 1. The molecule has 0 aliphatic carbocycles. The Balaban J connectivity index is 1.35. The monoisotopic (exact) mass is 471 g/mol. The number of benzene rings is 2. The summed E-state index contributed by atoms with van der Waals surface area (Å²) in [5.74, 6) is -0.175. The van der Waals surface area contributed by atoms with Gasteiger partial charge in [0.15, 0.2) is 0 Å². The third-order valence-corrected chi connectivity index (χ3v) is 6.49. The van der Waals surface area contributed by atoms with Gasteiger partial charge in [-0.25, -0.2) is 4.39 Å². The maximum atomic E-state index is 13.1. The van der Waals surface area contributed by atoms with Crippen LogP contribution < -0.4 is 5.32 Å². The summed E-state index contributed by atoms with van der Waals surface area (Å²) in [7, 11) is 0. The summed E-state index contributed by atoms with van der Waals surface area (Å²) in [6.07, 6.45) is 5.40. The molecule has 30 heavy (non-hydrogen) atoms. The molecule has 2 aromatic carbocycles. The summed E-state index contributed by atoms with van der Waals surface area (Å²) >= 11 is 3.18. The number of nitrogens with one attached hydrogen (secondary N) is 1. The van der Waals surface area contributed by atoms with Crippen LogP contribution in [0.1, 0.15) is 30.0 Å². The molecule has 2 heterocycles. The number of hydrogen-bond acceptors (Lipinski definition) is 2. The minimum absolute atomic E-state index is 0.00140. The number of rotatable bonds is 7. The largest absolute Gasteiger partial charge is 0.351 e. The molecule has 0 atom stereocenters. The molecular formula is C24H27BrFN3O. The first-order valence-electron chi connectivity index (χ1n) is 10.5. The molecule has 4 rings (SSSR count). The zero-order valence-corrected chi connectivity index (χ0v) is 18.6. The van der Waals surface area contributed by atoms with Crippen molar-refractivity contribution < 1.29 is 9.18 Å². The third-order valence-electron chi connectivity index (χ3n) is 5.98. The van der Waals surface area contributed by atoms with E-state index in [1.807, 2.05) is 12.1 Å². The quantitative estimate of drug-likeness (QED) is 0.508. The molecule has 4 nitrogen and oxygen atoms in total. The molecular weight excluding hydrogens is 445 g/mol. The van der Waals surface area contributed by atoms with Crippen molar-refractivity contribution in [3.8, 4) is 0 Å². The number of carbonyl (C=O) groups is 1. The second-order valence-corrected chi connectivity index (χ2v) is 8.54. The van der Waals surface area contributed by atoms with E-state index < -0.39 is 0 Å². The van der Waals surface area contributed by atoms with Crippen molar-refractivity contribution in [1.82, 2.24) is 14.8 Å². The van der Waals surface area contributed by atoms with Gasteiger partial charge in [-0.1, -0.05) is 40.2 Å². The van der Waals surface area contributed by atoms with E-state index in [-0.39, 0.29) is 11.7 Å². The van der Waals surface area contributed by atoms with E-state index in [4.69, 9.17) is 0 Å². The molecule has 0 radical (unpaired) electrons. The highest BCUT2D eigenvalue weighted by atomic mass is 79.9. The maximum Gasteiger partial charge on any atom is 0.230 e. The molecule has 0 saturated carbocycles. The molecule has 1 aromatic heterocycles. The van der Waals surface area contributed by atoms with Crippen LogP contribution in [-0.4, -0.2) is 40.3 Å². The van der Waals surface area contributed by atoms with E-state index in [0.717, 1.165) is 44.5 Å². The summed E-state index contributed by atoms with van der Waals surface area (Å²) in [4.78, 5) is 14.0. The molecule has 0 spiro atoms. The van der Waals surface area contributed by atoms with Gasteiger partial charge in [-0.2, -0.15) is 0 Å². The van der Waals surface area contributed by atoms with Crippen molar-refractivity contribution >= 4 is 32.7 Å². The zero-order chi connectivity index (χ0) is 20.9. The van der Waals surface area contributed by atoms with Gasteiger partial charge in [0, 0.05) is 43.9 Å². The number of piperidine rings is 1. The maximum absolute atomic E-state index is 13.1. The van der Waals surface area contributed by atoms with E-state index in [9.17, 15) is 9.18 Å². The fourth-order valence-electron chi connectivity index (χ4n) is 4.23. The van der Waals surface area contributed by atoms with Gasteiger partial charge in [0.1, 0.15) is 5.82 Å². The van der Waals surface area contributed by atoms with Crippen LogP contribution in [0.2, 0.25) is 0 Å². The summed E-state index contributed by atoms with van der Waals surface area (Å²) < 4.78 is 15.5. The number of carbonyl (C=O) groups excluding carboxylic acids is 1. The van der Waals surface area contributed by atoms with Gasteiger partial charge in [0.25, 0.3) is 0 Å². The lowest BCUT2D eigenvalue weighted by molar-refractivity contribution is -0.118. The van der Waals surface area contributed by atoms with Gasteiger partial charge < -0.3 is 14.8 Å². The number of fused-ring (bicyclic) bond motifs is 1. The van der Waals surface area contributed by atoms with E-state index in [0.29, 0.717) is 17.9 Å². The summed E-state index contributed by atoms with van der Waals surface area (Å²) in [6.45, 7) is 3.72. The lowest BCUT2D eigenvalue weighted by Gasteiger charge is -2.33. The number of halogens is 2. The summed E-state index contributed by atoms with van der Waals surface area (Å²) in [5.41, 5.74) is 3.55. The number of aromatic nitrogens is 1. The van der Waals surface area contributed by atoms with Gasteiger partial charge in [0.2, 0.25) is 5.91 Å². The van der Waals surface area contributed by atoms with Crippen LogP contribution in [0.25, 0.3) is 10.9 Å². The van der Waals surface area contributed by atoms with Crippen molar-refractivity contribution in [1.29, 1.82) is 0 Å². The molecule has 6 heteroatoms. The minimum Gasteiger partial charge on any atom is -0.351 e. The molecule has 1 aliphatic rings. The molecule has 3 aromatic rings. The summed E-state index contributed by atoms with van der Waals surface area (Å²) in [5, 5.41) is 4.48. The number of hydrogen-bond donors (Lipinski definition) is 1. The lowest BCUT2D eigenvalue weighted by Crippen LogP contribution is -2.35. The van der Waals surface area contributed by atoms with E-state index >= 15 is 0 Å². The Kier molecular flexibility index (Phi) is 6.85. The van der Waals surface area contributed by atoms with Crippen molar-refractivity contribution in [2.75, 3.05) is 25.0 Å². The highest BCUT2D eigenvalue weighted by molar-refractivity contribution is 9.09. The van der Waals surface area contributed by atoms with Crippen molar-refractivity contribution in [3.05, 3.63) is 71.7 Å². The predicted molar refractivity (Wildman–Crippen MR) is 122 cm³/mol. The first-order valence-corrected chi connectivity index (χ1v) is 11.6. The third kappa shape index (κ3) is 5.10. The fourth-order valence-corrected chi connectivity index (χ4v) is 4.43. The van der Waals surface area contributed by atoms with Crippen LogP contribution in [0.15, 0.2) is 54.7 Å². The van der Waals surface area contributed by atoms with Crippen molar-refractivity contribution in [2.24, 2.45) is 0 Å². The van der Waals surface area contributed by atoms with Crippen LogP contribution >= 0.6 is 15.9 Å². The molecule has 1 saturated heterocycles. The average molecular weight is 472 g/mol. The SMILES string of the molecule is O=C(CBr)NCc1ccc2ccn(C3CCN(CCc4ccc(F)cc4)CC3)c2c1. The topological polar surface area (TPSA) is 37.3 Å². The molecule has 1 amide bonds. The number of amides is 1. The standard InChI is InChI=1S/C24H27BrFN3O/c25-16-24(30)27-17-19-1-4-20-8-14-29(23(20)15-19)22-9-12-28(13-10-22)11-7-18-2-5-21(26)6-3-18/h1-6,8,14-15,22H,7,9-13,16-17H2,(H,27,30). The Hall–Kier alpha value is -2.18. The van der Waals surface area contributed by atoms with E-state index in [1.165, 1.54) is 16.5 Å². The first-order chi connectivity index (χ1) is 14.6. The highest BCUT2D eigenvalue weighted by Crippen LogP contribution is 2.28. The summed E-state index contributed by atoms with van der Waals surface area (Å²) in [6, 6.07) is 15.9. The van der Waals surface area contributed by atoms with Gasteiger partial charge in [-0.15, -0.1) is 0 Å². The molecule has 1 aliphatic heterocycles. The second kappa shape index (κ2) is 9.75. The van der Waals surface area contributed by atoms with Crippen molar-refractivity contribution in [3.63, 3.8) is 0 Å². The van der Waals surface area contributed by atoms with Crippen LogP contribution in [0, 0.1) is 5.82 Å². The lowest BCUT2D eigenvalue weighted by atomic mass is 10.0. The highest BCUT2D eigenvalue weighted by Gasteiger charge is 2.21. The van der Waals surface area contributed by atoms with Gasteiger partial charge in [0.05, 0.1) is 5.33 Å². The molecule has 1 fully saturated rings. The Morgan fingerprint density at radius 2 is 1.80 bits per heavy atom. The van der Waals surface area contributed by atoms with Crippen LogP contribution in [0.4, 0.5) is 4.39 Å². The predicted octanol–water partition coefficient (Wildman–Crippen LogP) is 4.67. The zero-order valence-electron chi connectivity index (χ0n) is 17.0. The van der Waals surface area contributed by atoms with Crippen LogP contribution in [0.5, 0.6) is 0 Å². The Morgan fingerprint density at radius 3 is 2.53 bits per heavy atom. The molecule has 0 bridgehead atoms. The number of nitrogens with zero attached hydrogens (tertiary/aromatic N) is 2. The van der Waals surface area contributed by atoms with E-state index in [1.54, 1.807) is 12.1 Å². The normalized spacial score (nSPS) is 15.5. The smallest absolute Gasteiger partial charge is 0.230 e. The number of likely N-dealkylation sites (tertiary alicyclic amines) is 1. The van der Waals surface area contributed by atoms with Gasteiger partial charge >= 0.3 is 0 Å². The molecule has 1 N–H and O–H groups in total. The van der Waals surface area contributed by atoms with Crippen LogP contribution in [-0.2, 0) is 17.8 Å². The molecule has 0 unspecified atom stereocenters. The van der Waals surface area contributed by atoms with Gasteiger partial charge in [-0.3, -0.25) is 4.79 Å². The average Bonchev–Trinajstić information content (AvgIpc) is 3.20. The van der Waals surface area contributed by atoms with Crippen molar-refractivity contribution in [2.45, 2.75) is 31.8 Å². The van der Waals surface area contributed by atoms with E-state index in [2.05, 4.69) is 61.2 Å². The fraction of sp³-hybridized carbons (Fsp3) is 0.375. The first kappa shape index (κ1) is 21.1. The Labute approximate surface area is 185 Å². The molecule has 158 valence electrons.